The number of benzene rings is 2. The molecular weight excluding hydrogens is 214 g/mol. The van der Waals surface area contributed by atoms with Crippen molar-refractivity contribution in [3.05, 3.63) is 52.4 Å². The van der Waals surface area contributed by atoms with E-state index in [0.29, 0.717) is 5.56 Å². The highest BCUT2D eigenvalue weighted by molar-refractivity contribution is 5.90. The van der Waals surface area contributed by atoms with Gasteiger partial charge in [-0.1, -0.05) is 47.3 Å². The quantitative estimate of drug-likeness (QED) is 0.343. The summed E-state index contributed by atoms with van der Waals surface area (Å²) >= 11 is 0. The first kappa shape index (κ1) is 10.9. The maximum Gasteiger partial charge on any atom is 0.139 e. The van der Waals surface area contributed by atoms with E-state index in [1.807, 2.05) is 30.3 Å². The lowest BCUT2D eigenvalue weighted by Crippen LogP contribution is -1.80. The van der Waals surface area contributed by atoms with Gasteiger partial charge < -0.3 is 5.11 Å². The summed E-state index contributed by atoms with van der Waals surface area (Å²) in [5, 5.41) is 15.0. The van der Waals surface area contributed by atoms with E-state index in [4.69, 9.17) is 5.53 Å². The third-order valence-corrected chi connectivity index (χ3v) is 2.34. The van der Waals surface area contributed by atoms with Crippen LogP contribution in [0.15, 0.2) is 41.5 Å². The molecule has 2 rings (SSSR count). The summed E-state index contributed by atoms with van der Waals surface area (Å²) in [7, 11) is 0. The summed E-state index contributed by atoms with van der Waals surface area (Å²) in [6, 6.07) is 11.2. The zero-order valence-corrected chi connectivity index (χ0v) is 8.96. The fraction of sp³-hybridized carbons (Fsp3) is 0.0769. The number of azide groups is 1. The first-order chi connectivity index (χ1) is 8.33. The lowest BCUT2D eigenvalue weighted by atomic mass is 10.1. The third-order valence-electron chi connectivity index (χ3n) is 2.34. The number of rotatable bonds is 1. The fourth-order valence-corrected chi connectivity index (χ4v) is 1.56. The maximum absolute atomic E-state index is 10.0. The molecule has 1 N–H and O–H groups in total. The highest BCUT2D eigenvalue weighted by Crippen LogP contribution is 2.27. The predicted octanol–water partition coefficient (Wildman–Crippen LogP) is 3.21. The lowest BCUT2D eigenvalue weighted by Gasteiger charge is -2.02. The molecule has 0 spiro atoms. The van der Waals surface area contributed by atoms with Crippen molar-refractivity contribution in [2.75, 3.05) is 6.54 Å². The molecule has 0 saturated heterocycles. The van der Waals surface area contributed by atoms with Crippen molar-refractivity contribution in [3.63, 3.8) is 0 Å². The van der Waals surface area contributed by atoms with Gasteiger partial charge in [0.25, 0.3) is 0 Å². The van der Waals surface area contributed by atoms with Crippen molar-refractivity contribution < 1.29 is 5.11 Å². The van der Waals surface area contributed by atoms with Crippen LogP contribution in [-0.2, 0) is 0 Å². The van der Waals surface area contributed by atoms with E-state index in [9.17, 15) is 5.11 Å². The molecule has 0 bridgehead atoms. The molecule has 17 heavy (non-hydrogen) atoms. The van der Waals surface area contributed by atoms with Gasteiger partial charge in [-0.3, -0.25) is 0 Å². The molecule has 2 aromatic rings. The Labute approximate surface area is 98.1 Å². The van der Waals surface area contributed by atoms with Crippen LogP contribution in [0.5, 0.6) is 5.75 Å². The first-order valence-electron chi connectivity index (χ1n) is 5.03. The van der Waals surface area contributed by atoms with Crippen LogP contribution >= 0.6 is 0 Å². The summed E-state index contributed by atoms with van der Waals surface area (Å²) in [5.41, 5.74) is 8.64. The average molecular weight is 223 g/mol. The van der Waals surface area contributed by atoms with Crippen LogP contribution in [0.2, 0.25) is 0 Å². The van der Waals surface area contributed by atoms with Gasteiger partial charge in [0, 0.05) is 10.3 Å². The largest absolute Gasteiger partial charge is 0.506 e. The van der Waals surface area contributed by atoms with Crippen LogP contribution in [0.4, 0.5) is 0 Å². The predicted molar refractivity (Wildman–Crippen MR) is 66.5 cm³/mol. The van der Waals surface area contributed by atoms with Crippen molar-refractivity contribution in [3.8, 4) is 17.6 Å². The number of hydrogen-bond donors (Lipinski definition) is 1. The van der Waals surface area contributed by atoms with E-state index in [1.165, 1.54) is 0 Å². The number of aromatic hydroxyl groups is 1. The van der Waals surface area contributed by atoms with Gasteiger partial charge >= 0.3 is 0 Å². The van der Waals surface area contributed by atoms with Gasteiger partial charge in [-0.05, 0) is 17.0 Å². The molecule has 0 atom stereocenters. The second kappa shape index (κ2) is 4.93. The van der Waals surface area contributed by atoms with Gasteiger partial charge in [0.1, 0.15) is 5.75 Å². The molecule has 0 heterocycles. The average Bonchev–Trinajstić information content (AvgIpc) is 2.37. The minimum Gasteiger partial charge on any atom is -0.506 e. The van der Waals surface area contributed by atoms with Crippen LogP contribution in [0.3, 0.4) is 0 Å². The molecule has 0 aliphatic heterocycles. The van der Waals surface area contributed by atoms with Gasteiger partial charge in [-0.2, -0.15) is 0 Å². The van der Waals surface area contributed by atoms with E-state index in [1.54, 1.807) is 6.07 Å². The molecule has 0 aliphatic carbocycles. The van der Waals surface area contributed by atoms with Crippen molar-refractivity contribution in [1.82, 2.24) is 0 Å². The maximum atomic E-state index is 10.0. The van der Waals surface area contributed by atoms with E-state index < -0.39 is 0 Å². The first-order valence-corrected chi connectivity index (χ1v) is 5.03. The van der Waals surface area contributed by atoms with Crippen molar-refractivity contribution in [2.45, 2.75) is 0 Å². The Morgan fingerprint density at radius 2 is 2.06 bits per heavy atom. The van der Waals surface area contributed by atoms with Gasteiger partial charge in [0.05, 0.1) is 12.1 Å². The van der Waals surface area contributed by atoms with E-state index in [-0.39, 0.29) is 12.3 Å². The number of hydrogen-bond acceptors (Lipinski definition) is 2. The van der Waals surface area contributed by atoms with Crippen LogP contribution < -0.4 is 0 Å². The number of phenolic OH excluding ortho intramolecular Hbond substituents is 1. The SMILES string of the molecule is [N-]=[N+]=NCC#Cc1ccc2ccccc2c1O. The monoisotopic (exact) mass is 223 g/mol. The molecule has 4 nitrogen and oxygen atoms in total. The number of fused-ring (bicyclic) bond motifs is 1. The van der Waals surface area contributed by atoms with Crippen molar-refractivity contribution in [1.29, 1.82) is 0 Å². The smallest absolute Gasteiger partial charge is 0.139 e. The van der Waals surface area contributed by atoms with E-state index >= 15 is 0 Å². The van der Waals surface area contributed by atoms with Crippen LogP contribution in [0.25, 0.3) is 21.2 Å². The topological polar surface area (TPSA) is 69.0 Å². The molecule has 0 aliphatic rings. The third kappa shape index (κ3) is 2.31. The Kier molecular flexibility index (Phi) is 3.15. The Balaban J connectivity index is 2.44. The molecule has 0 saturated carbocycles. The van der Waals surface area contributed by atoms with Crippen LogP contribution in [-0.4, -0.2) is 11.7 Å². The molecule has 0 radical (unpaired) electrons. The second-order valence-corrected chi connectivity index (χ2v) is 3.37. The molecule has 0 unspecified atom stereocenters. The van der Waals surface area contributed by atoms with Gasteiger partial charge in [-0.15, -0.1) is 0 Å². The highest BCUT2D eigenvalue weighted by atomic mass is 16.3. The van der Waals surface area contributed by atoms with Gasteiger partial charge in [-0.25, -0.2) is 0 Å². The number of phenols is 1. The van der Waals surface area contributed by atoms with Crippen LogP contribution in [0.1, 0.15) is 5.56 Å². The lowest BCUT2D eigenvalue weighted by molar-refractivity contribution is 0.480. The summed E-state index contributed by atoms with van der Waals surface area (Å²) in [6.07, 6.45) is 0. The molecule has 0 fully saturated rings. The minimum atomic E-state index is 0.1000. The van der Waals surface area contributed by atoms with E-state index in [0.717, 1.165) is 10.8 Å². The zero-order chi connectivity index (χ0) is 12.1. The van der Waals surface area contributed by atoms with Crippen molar-refractivity contribution >= 4 is 10.8 Å². The van der Waals surface area contributed by atoms with Crippen LogP contribution in [0, 0.1) is 11.8 Å². The molecule has 0 amide bonds. The van der Waals surface area contributed by atoms with Gasteiger partial charge in [0.2, 0.25) is 0 Å². The Hall–Kier alpha value is -2.63. The summed E-state index contributed by atoms with van der Waals surface area (Å²) < 4.78 is 0. The summed E-state index contributed by atoms with van der Waals surface area (Å²) in [6.45, 7) is 0.1000. The molecular formula is C13H9N3O. The van der Waals surface area contributed by atoms with E-state index in [2.05, 4.69) is 21.9 Å². The second-order valence-electron chi connectivity index (χ2n) is 3.37. The van der Waals surface area contributed by atoms with Crippen molar-refractivity contribution in [2.24, 2.45) is 5.11 Å². The summed E-state index contributed by atoms with van der Waals surface area (Å²) in [4.78, 5) is 2.60. The Morgan fingerprint density at radius 1 is 1.24 bits per heavy atom. The standard InChI is InChI=1S/C13H9N3O/c14-16-15-9-3-5-11-8-7-10-4-1-2-6-12(10)13(11)17/h1-2,4,6-8,17H,9H2. The Morgan fingerprint density at radius 3 is 2.88 bits per heavy atom. The minimum absolute atomic E-state index is 0.1000. The molecule has 2 aromatic carbocycles. The zero-order valence-electron chi connectivity index (χ0n) is 8.96. The molecule has 4 heteroatoms. The van der Waals surface area contributed by atoms with Gasteiger partial charge in [0.15, 0.2) is 0 Å². The Bertz CT molecular complexity index is 661. The highest BCUT2D eigenvalue weighted by Gasteiger charge is 2.02. The fourth-order valence-electron chi connectivity index (χ4n) is 1.56. The number of nitrogens with zero attached hydrogens (tertiary/aromatic N) is 3. The normalized spacial score (nSPS) is 9.18. The summed E-state index contributed by atoms with van der Waals surface area (Å²) in [5.74, 6) is 5.62. The molecule has 0 aromatic heterocycles. The molecule has 82 valence electrons.